The van der Waals surface area contributed by atoms with Crippen LogP contribution in [0.3, 0.4) is 0 Å². The maximum Gasteiger partial charge on any atom is 0.261 e. The number of amides is 1. The van der Waals surface area contributed by atoms with E-state index in [1.54, 1.807) is 24.3 Å². The van der Waals surface area contributed by atoms with Gasteiger partial charge in [0.1, 0.15) is 11.5 Å². The summed E-state index contributed by atoms with van der Waals surface area (Å²) in [5, 5.41) is 5.87. The number of ether oxygens (including phenoxy) is 2. The lowest BCUT2D eigenvalue weighted by molar-refractivity contribution is 0.0975. The number of carbonyl (C=O) groups is 1. The number of nitrogens with one attached hydrogen (secondary N) is 2. The number of methoxy groups -OCH3 is 1. The Kier molecular flexibility index (Phi) is 7.22. The highest BCUT2D eigenvalue weighted by Gasteiger charge is 2.13. The van der Waals surface area contributed by atoms with Crippen molar-refractivity contribution >= 4 is 28.9 Å². The van der Waals surface area contributed by atoms with Gasteiger partial charge >= 0.3 is 0 Å². The summed E-state index contributed by atoms with van der Waals surface area (Å²) in [6.45, 7) is 2.74. The van der Waals surface area contributed by atoms with Gasteiger partial charge in [0.15, 0.2) is 5.11 Å². The fraction of sp³-hybridized carbons (Fsp3) is 0.263. The summed E-state index contributed by atoms with van der Waals surface area (Å²) >= 11 is 5.25. The zero-order valence-electron chi connectivity index (χ0n) is 14.4. The first-order valence-corrected chi connectivity index (χ1v) is 8.53. The molecule has 0 atom stereocenters. The van der Waals surface area contributed by atoms with Crippen molar-refractivity contribution in [3.63, 3.8) is 0 Å². The van der Waals surface area contributed by atoms with E-state index < -0.39 is 0 Å². The summed E-state index contributed by atoms with van der Waals surface area (Å²) in [5.74, 6) is 0.857. The van der Waals surface area contributed by atoms with Crippen LogP contribution in [0, 0.1) is 0 Å². The van der Waals surface area contributed by atoms with Gasteiger partial charge in [0.05, 0.1) is 25.0 Å². The minimum Gasteiger partial charge on any atom is -0.496 e. The molecule has 0 saturated carbocycles. The van der Waals surface area contributed by atoms with Gasteiger partial charge < -0.3 is 14.8 Å². The minimum absolute atomic E-state index is 0.197. The molecule has 0 aliphatic heterocycles. The number of hydrogen-bond donors (Lipinski definition) is 2. The fourth-order valence-corrected chi connectivity index (χ4v) is 2.38. The summed E-state index contributed by atoms with van der Waals surface area (Å²) < 4.78 is 10.9. The lowest BCUT2D eigenvalue weighted by atomic mass is 10.2. The predicted molar refractivity (Wildman–Crippen MR) is 104 cm³/mol. The molecule has 132 valence electrons. The van der Waals surface area contributed by atoms with Crippen LogP contribution in [0.15, 0.2) is 48.5 Å². The van der Waals surface area contributed by atoms with Crippen LogP contribution in [0.5, 0.6) is 11.5 Å². The smallest absolute Gasteiger partial charge is 0.261 e. The third kappa shape index (κ3) is 5.46. The van der Waals surface area contributed by atoms with Gasteiger partial charge in [-0.3, -0.25) is 10.1 Å². The van der Waals surface area contributed by atoms with Gasteiger partial charge in [0, 0.05) is 0 Å². The van der Waals surface area contributed by atoms with E-state index >= 15 is 0 Å². The molecule has 0 unspecified atom stereocenters. The average molecular weight is 358 g/mol. The molecule has 2 aromatic rings. The first-order chi connectivity index (χ1) is 12.2. The Hall–Kier alpha value is -2.60. The summed E-state index contributed by atoms with van der Waals surface area (Å²) in [4.78, 5) is 12.4. The van der Waals surface area contributed by atoms with Crippen LogP contribution in [0.25, 0.3) is 0 Å². The van der Waals surface area contributed by atoms with Crippen LogP contribution < -0.4 is 20.1 Å². The number of hydrogen-bond acceptors (Lipinski definition) is 4. The molecule has 0 bridgehead atoms. The van der Waals surface area contributed by atoms with Crippen molar-refractivity contribution < 1.29 is 14.3 Å². The molecule has 0 aliphatic rings. The van der Waals surface area contributed by atoms with Crippen molar-refractivity contribution in [2.75, 3.05) is 19.0 Å². The first kappa shape index (κ1) is 18.7. The van der Waals surface area contributed by atoms with Crippen LogP contribution in [0.1, 0.15) is 30.1 Å². The van der Waals surface area contributed by atoms with Crippen LogP contribution in [0.2, 0.25) is 0 Å². The number of unbranched alkanes of at least 4 members (excludes halogenated alkanes) is 1. The van der Waals surface area contributed by atoms with Gasteiger partial charge in [0.25, 0.3) is 5.91 Å². The van der Waals surface area contributed by atoms with Gasteiger partial charge in [-0.15, -0.1) is 0 Å². The summed E-state index contributed by atoms with van der Waals surface area (Å²) in [5.41, 5.74) is 1.13. The van der Waals surface area contributed by atoms with Crippen molar-refractivity contribution in [3.05, 3.63) is 54.1 Å². The standard InChI is InChI=1S/C19H22N2O3S/c1-3-4-13-24-17-12-8-6-10-15(17)20-19(25)21-18(22)14-9-5-7-11-16(14)23-2/h5-12H,3-4,13H2,1-2H3,(H2,20,21,22,25). The highest BCUT2D eigenvalue weighted by molar-refractivity contribution is 7.80. The SMILES string of the molecule is CCCCOc1ccccc1NC(=S)NC(=O)c1ccccc1OC. The number of thiocarbonyl (C=S) groups is 1. The number of carbonyl (C=O) groups excluding carboxylic acids is 1. The highest BCUT2D eigenvalue weighted by Crippen LogP contribution is 2.24. The van der Waals surface area contributed by atoms with Crippen molar-refractivity contribution in [2.24, 2.45) is 0 Å². The first-order valence-electron chi connectivity index (χ1n) is 8.13. The second kappa shape index (κ2) is 9.64. The van der Waals surface area contributed by atoms with Crippen molar-refractivity contribution in [1.29, 1.82) is 0 Å². The summed E-state index contributed by atoms with van der Waals surface area (Å²) in [6.07, 6.45) is 2.03. The number of anilines is 1. The van der Waals surface area contributed by atoms with E-state index in [0.717, 1.165) is 12.8 Å². The molecular weight excluding hydrogens is 336 g/mol. The van der Waals surface area contributed by atoms with Crippen LogP contribution in [0.4, 0.5) is 5.69 Å². The second-order valence-corrected chi connectivity index (χ2v) is 5.71. The minimum atomic E-state index is -0.334. The molecule has 0 saturated heterocycles. The maximum atomic E-state index is 12.4. The van der Waals surface area contributed by atoms with Crippen LogP contribution in [-0.2, 0) is 0 Å². The van der Waals surface area contributed by atoms with E-state index in [1.165, 1.54) is 7.11 Å². The highest BCUT2D eigenvalue weighted by atomic mass is 32.1. The van der Waals surface area contributed by atoms with Crippen molar-refractivity contribution in [2.45, 2.75) is 19.8 Å². The molecule has 2 N–H and O–H groups in total. The van der Waals surface area contributed by atoms with Gasteiger partial charge in [-0.05, 0) is 42.9 Å². The van der Waals surface area contributed by atoms with E-state index in [2.05, 4.69) is 17.6 Å². The molecule has 0 radical (unpaired) electrons. The molecule has 0 aromatic heterocycles. The fourth-order valence-electron chi connectivity index (χ4n) is 2.18. The molecule has 0 fully saturated rings. The maximum absolute atomic E-state index is 12.4. The monoisotopic (exact) mass is 358 g/mol. The summed E-state index contributed by atoms with van der Waals surface area (Å²) in [6, 6.07) is 14.5. The van der Waals surface area contributed by atoms with E-state index in [9.17, 15) is 4.79 Å². The summed E-state index contributed by atoms with van der Waals surface area (Å²) in [7, 11) is 1.52. The molecule has 6 heteroatoms. The van der Waals surface area contributed by atoms with E-state index in [0.29, 0.717) is 29.4 Å². The second-order valence-electron chi connectivity index (χ2n) is 5.31. The topological polar surface area (TPSA) is 59.6 Å². The molecule has 0 heterocycles. The van der Waals surface area contributed by atoms with Gasteiger partial charge in [-0.2, -0.15) is 0 Å². The van der Waals surface area contributed by atoms with Gasteiger partial charge in [-0.1, -0.05) is 37.6 Å². The van der Waals surface area contributed by atoms with E-state index in [1.807, 2.05) is 24.3 Å². The average Bonchev–Trinajstić information content (AvgIpc) is 2.63. The van der Waals surface area contributed by atoms with Crippen molar-refractivity contribution in [3.8, 4) is 11.5 Å². The molecule has 2 aromatic carbocycles. The number of benzene rings is 2. The molecule has 25 heavy (non-hydrogen) atoms. The Morgan fingerprint density at radius 2 is 1.76 bits per heavy atom. The molecule has 5 nitrogen and oxygen atoms in total. The zero-order chi connectivity index (χ0) is 18.1. The number of para-hydroxylation sites is 3. The van der Waals surface area contributed by atoms with Crippen LogP contribution in [-0.4, -0.2) is 24.7 Å². The zero-order valence-corrected chi connectivity index (χ0v) is 15.2. The molecule has 0 aliphatic carbocycles. The van der Waals surface area contributed by atoms with E-state index in [-0.39, 0.29) is 11.0 Å². The lowest BCUT2D eigenvalue weighted by Gasteiger charge is -2.14. The largest absolute Gasteiger partial charge is 0.496 e. The predicted octanol–water partition coefficient (Wildman–Crippen LogP) is 4.00. The quantitative estimate of drug-likeness (QED) is 0.579. The van der Waals surface area contributed by atoms with Gasteiger partial charge in [-0.25, -0.2) is 0 Å². The molecule has 0 spiro atoms. The third-order valence-electron chi connectivity index (χ3n) is 3.47. The molecule has 2 rings (SSSR count). The van der Waals surface area contributed by atoms with Crippen molar-refractivity contribution in [1.82, 2.24) is 5.32 Å². The Bertz CT molecular complexity index is 734. The molecular formula is C19H22N2O3S. The third-order valence-corrected chi connectivity index (χ3v) is 3.67. The lowest BCUT2D eigenvalue weighted by Crippen LogP contribution is -2.34. The van der Waals surface area contributed by atoms with Gasteiger partial charge in [0.2, 0.25) is 0 Å². The number of rotatable bonds is 7. The normalized spacial score (nSPS) is 10.0. The molecule has 1 amide bonds. The Balaban J connectivity index is 2.01. The Morgan fingerprint density at radius 3 is 2.48 bits per heavy atom. The Labute approximate surface area is 153 Å². The Morgan fingerprint density at radius 1 is 1.08 bits per heavy atom. The van der Waals surface area contributed by atoms with E-state index in [4.69, 9.17) is 21.7 Å². The van der Waals surface area contributed by atoms with Crippen LogP contribution >= 0.6 is 12.2 Å².